The van der Waals surface area contributed by atoms with Crippen LogP contribution in [0, 0.1) is 0 Å². The van der Waals surface area contributed by atoms with Gasteiger partial charge in [0.15, 0.2) is 0 Å². The van der Waals surface area contributed by atoms with Crippen molar-refractivity contribution in [3.63, 3.8) is 0 Å². The normalized spacial score (nSPS) is 9.78. The minimum absolute atomic E-state index is 0. The fraction of sp³-hybridized carbons (Fsp3) is 0.800. The molecular weight excluding hydrogens is 420 g/mol. The van der Waals surface area contributed by atoms with Gasteiger partial charge in [-0.3, -0.25) is 0 Å². The zero-order valence-electron chi connectivity index (χ0n) is 5.76. The molecule has 0 N–H and O–H groups in total. The van der Waals surface area contributed by atoms with Gasteiger partial charge >= 0.3 is 64.3 Å². The molecular formula is C5H9BiO2Sn. The Morgan fingerprint density at radius 2 is 1.78 bits per heavy atom. The first kappa shape index (κ1) is 12.8. The van der Waals surface area contributed by atoms with Crippen LogP contribution in [0.5, 0.6) is 0 Å². The van der Waals surface area contributed by atoms with Crippen LogP contribution >= 0.6 is 0 Å². The molecule has 6 radical (unpaired) electrons. The van der Waals surface area contributed by atoms with E-state index in [0.717, 1.165) is 0 Å². The molecule has 0 amide bonds. The van der Waals surface area contributed by atoms with E-state index in [1.807, 2.05) is 20.8 Å². The fourth-order valence-corrected chi connectivity index (χ4v) is 1.33. The third kappa shape index (κ3) is 12.4. The minimum atomic E-state index is -0.300. The van der Waals surface area contributed by atoms with Gasteiger partial charge in [-0.05, 0) is 0 Å². The van der Waals surface area contributed by atoms with E-state index in [0.29, 0.717) is 24.7 Å². The third-order valence-corrected chi connectivity index (χ3v) is 0.748. The molecule has 0 aliphatic rings. The van der Waals surface area contributed by atoms with Gasteiger partial charge in [-0.2, -0.15) is 0 Å². The van der Waals surface area contributed by atoms with Gasteiger partial charge in [0.05, 0.1) is 0 Å². The zero-order valence-corrected chi connectivity index (χ0v) is 12.1. The largest absolute Gasteiger partial charge is 0 e. The van der Waals surface area contributed by atoms with Crippen molar-refractivity contribution in [1.82, 2.24) is 0 Å². The number of hydrogen-bond donors (Lipinski definition) is 0. The summed E-state index contributed by atoms with van der Waals surface area (Å²) in [6, 6.07) is 0. The first-order valence-electron chi connectivity index (χ1n) is 2.34. The molecule has 0 fully saturated rings. The van der Waals surface area contributed by atoms with Crippen LogP contribution in [0.3, 0.4) is 0 Å². The van der Waals surface area contributed by atoms with Crippen molar-refractivity contribution in [2.24, 2.45) is 0 Å². The first-order chi connectivity index (χ1) is 3.42. The van der Waals surface area contributed by atoms with Crippen molar-refractivity contribution in [1.29, 1.82) is 0 Å². The summed E-state index contributed by atoms with van der Waals surface area (Å²) < 4.78 is 4.73. The van der Waals surface area contributed by atoms with Crippen molar-refractivity contribution in [2.75, 3.05) is 0 Å². The van der Waals surface area contributed by atoms with Crippen LogP contribution in [0.15, 0.2) is 0 Å². The fourth-order valence-electron chi connectivity index (χ4n) is 0.262. The van der Waals surface area contributed by atoms with Crippen molar-refractivity contribution in [3.05, 3.63) is 0 Å². The van der Waals surface area contributed by atoms with E-state index >= 15 is 0 Å². The van der Waals surface area contributed by atoms with E-state index in [1.54, 1.807) is 0 Å². The molecule has 50 valence electrons. The molecule has 0 aliphatic heterocycles. The molecule has 0 spiro atoms. The van der Waals surface area contributed by atoms with Gasteiger partial charge in [-0.25, -0.2) is 0 Å². The van der Waals surface area contributed by atoms with E-state index < -0.39 is 0 Å². The Bertz CT molecular complexity index is 97.6. The van der Waals surface area contributed by atoms with Gasteiger partial charge in [-0.1, -0.05) is 0 Å². The molecule has 0 rings (SSSR count). The maximum Gasteiger partial charge on any atom is 0 e. The Kier molecular flexibility index (Phi) is 6.95. The second-order valence-electron chi connectivity index (χ2n) is 2.48. The van der Waals surface area contributed by atoms with Crippen LogP contribution in [-0.4, -0.2) is 57.9 Å². The Morgan fingerprint density at radius 1 is 1.44 bits per heavy atom. The van der Waals surface area contributed by atoms with Crippen LogP contribution in [0.4, 0.5) is 4.79 Å². The number of carbonyl (C=O) groups excluding carboxylic acids is 1. The molecule has 0 aromatic carbocycles. The van der Waals surface area contributed by atoms with Crippen molar-refractivity contribution >= 4 is 52.3 Å². The molecule has 4 heteroatoms. The zero-order chi connectivity index (χ0) is 6.78. The van der Waals surface area contributed by atoms with E-state index in [2.05, 4.69) is 0 Å². The second kappa shape index (κ2) is 4.89. The average molecular weight is 429 g/mol. The topological polar surface area (TPSA) is 26.3 Å². The Balaban J connectivity index is 0. The molecule has 2 nitrogen and oxygen atoms in total. The maximum atomic E-state index is 10.3. The molecule has 0 aliphatic carbocycles. The van der Waals surface area contributed by atoms with Crippen LogP contribution in [0.2, 0.25) is 0 Å². The summed E-state index contributed by atoms with van der Waals surface area (Å²) in [5.74, 6) is 0. The van der Waals surface area contributed by atoms with Gasteiger partial charge in [0.25, 0.3) is 0 Å². The Labute approximate surface area is 87.5 Å². The van der Waals surface area contributed by atoms with Crippen LogP contribution in [0.1, 0.15) is 20.8 Å². The standard InChI is InChI=1S/C5H9O2.Bi.Sn/c1-5(2,3)7-4-6;;/h1-3H3;;. The predicted octanol–water partition coefficient (Wildman–Crippen LogP) is 0.709. The van der Waals surface area contributed by atoms with Crippen LogP contribution < -0.4 is 0 Å². The Morgan fingerprint density at radius 3 is 1.78 bits per heavy atom. The summed E-state index contributed by atoms with van der Waals surface area (Å²) in [7, 11) is 0. The van der Waals surface area contributed by atoms with Crippen molar-refractivity contribution < 1.29 is 9.53 Å². The van der Waals surface area contributed by atoms with Gasteiger partial charge in [-0.15, -0.1) is 0 Å². The molecule has 0 heterocycles. The summed E-state index contributed by atoms with van der Waals surface area (Å²) in [5.41, 5.74) is -0.300. The summed E-state index contributed by atoms with van der Waals surface area (Å²) in [4.78, 5) is 10.3. The number of hydrogen-bond acceptors (Lipinski definition) is 2. The van der Waals surface area contributed by atoms with E-state index in [9.17, 15) is 4.79 Å². The van der Waals surface area contributed by atoms with Gasteiger partial charge in [0, 0.05) is 23.9 Å². The van der Waals surface area contributed by atoms with Crippen LogP contribution in [-0.2, 0) is 4.74 Å². The van der Waals surface area contributed by atoms with Gasteiger partial charge in [0.2, 0.25) is 0 Å². The van der Waals surface area contributed by atoms with E-state index in [-0.39, 0.29) is 33.2 Å². The molecule has 0 aromatic heterocycles. The summed E-state index contributed by atoms with van der Waals surface area (Å²) in [6.45, 7) is 5.58. The number of rotatable bonds is 0. The third-order valence-electron chi connectivity index (χ3n) is 0.393. The molecule has 9 heavy (non-hydrogen) atoms. The molecule has 0 bridgehead atoms. The monoisotopic (exact) mass is 430 g/mol. The first-order valence-corrected chi connectivity index (χ1v) is 4.07. The van der Waals surface area contributed by atoms with Crippen molar-refractivity contribution in [3.8, 4) is 0 Å². The van der Waals surface area contributed by atoms with Gasteiger partial charge < -0.3 is 0 Å². The SMILES string of the molecule is CC(C)(C)O[C](=O)[Bi].[Sn]. The summed E-state index contributed by atoms with van der Waals surface area (Å²) >= 11 is 0.673. The average Bonchev–Trinajstić information content (AvgIpc) is 1.21. The minimum Gasteiger partial charge on any atom is 0 e. The van der Waals surface area contributed by atoms with Crippen LogP contribution in [0.25, 0.3) is 0 Å². The molecule has 0 aromatic rings. The smallest absolute Gasteiger partial charge is 0 e. The number of carbonyl (C=O) groups is 1. The summed E-state index contributed by atoms with van der Waals surface area (Å²) in [6.07, 6.45) is 0. The molecule has 0 unspecified atom stereocenters. The van der Waals surface area contributed by atoms with E-state index in [4.69, 9.17) is 4.74 Å². The van der Waals surface area contributed by atoms with Crippen molar-refractivity contribution in [2.45, 2.75) is 26.4 Å². The van der Waals surface area contributed by atoms with E-state index in [1.165, 1.54) is 0 Å². The Hall–Kier alpha value is 1.15. The quantitative estimate of drug-likeness (QED) is 0.531. The predicted molar refractivity (Wildman–Crippen MR) is 37.7 cm³/mol. The molecule has 0 atom stereocenters. The second-order valence-corrected chi connectivity index (χ2v) is 3.90. The van der Waals surface area contributed by atoms with Gasteiger partial charge in [0.1, 0.15) is 0 Å². The molecule has 0 saturated carbocycles. The molecule has 0 saturated heterocycles. The number of ether oxygens (including phenoxy) is 1. The maximum absolute atomic E-state index is 10.3. The summed E-state index contributed by atoms with van der Waals surface area (Å²) in [5, 5.41) is 0.